The summed E-state index contributed by atoms with van der Waals surface area (Å²) in [5, 5.41) is 20.9. The first-order chi connectivity index (χ1) is 9.76. The van der Waals surface area contributed by atoms with Gasteiger partial charge in [-0.1, -0.05) is 42.5 Å². The molecule has 2 aromatic rings. The van der Waals surface area contributed by atoms with E-state index in [-0.39, 0.29) is 0 Å². The minimum atomic E-state index is -0.867. The number of aliphatic hydroxyl groups is 1. The van der Waals surface area contributed by atoms with Gasteiger partial charge in [-0.3, -0.25) is 4.90 Å². The molecule has 20 heavy (non-hydrogen) atoms. The molecule has 0 bridgehead atoms. The Morgan fingerprint density at radius 3 is 2.95 bits per heavy atom. The summed E-state index contributed by atoms with van der Waals surface area (Å²) >= 11 is 0. The van der Waals surface area contributed by atoms with Gasteiger partial charge in [0.1, 0.15) is 11.3 Å². The average molecular weight is 270 g/mol. The first-order valence-corrected chi connectivity index (χ1v) is 6.79. The molecule has 3 rings (SSSR count). The summed E-state index contributed by atoms with van der Waals surface area (Å²) < 4.78 is 0. The van der Waals surface area contributed by atoms with Crippen LogP contribution in [0.3, 0.4) is 0 Å². The van der Waals surface area contributed by atoms with E-state index in [1.54, 1.807) is 6.20 Å². The van der Waals surface area contributed by atoms with E-state index >= 15 is 0 Å². The number of likely N-dealkylation sites (tertiary alicyclic amines) is 1. The van der Waals surface area contributed by atoms with Crippen LogP contribution in [0.4, 0.5) is 0 Å². The minimum Gasteiger partial charge on any atom is -0.382 e. The number of nitrogens with zero attached hydrogens (tertiary/aromatic N) is 3. The van der Waals surface area contributed by atoms with Crippen molar-refractivity contribution in [2.75, 3.05) is 19.6 Å². The number of hydrogen-bond donors (Lipinski definition) is 2. The summed E-state index contributed by atoms with van der Waals surface area (Å²) in [7, 11) is 0. The molecule has 0 aliphatic carbocycles. The monoisotopic (exact) mass is 270 g/mol. The Labute approximate surface area is 117 Å². The molecular weight excluding hydrogens is 252 g/mol. The third-order valence-electron chi connectivity index (χ3n) is 3.69. The lowest BCUT2D eigenvalue weighted by molar-refractivity contribution is 0.0429. The second kappa shape index (κ2) is 5.56. The predicted molar refractivity (Wildman–Crippen MR) is 76.8 cm³/mol. The Hall–Kier alpha value is -1.98. The average Bonchev–Trinajstić information content (AvgIpc) is 3.11. The molecule has 1 aromatic heterocycles. The molecule has 0 spiro atoms. The van der Waals surface area contributed by atoms with Crippen LogP contribution in [0.15, 0.2) is 42.6 Å². The lowest BCUT2D eigenvalue weighted by Gasteiger charge is -2.20. The maximum absolute atomic E-state index is 10.6. The van der Waals surface area contributed by atoms with Gasteiger partial charge in [0.25, 0.3) is 0 Å². The van der Waals surface area contributed by atoms with Gasteiger partial charge in [-0.2, -0.15) is 15.4 Å². The van der Waals surface area contributed by atoms with Crippen molar-refractivity contribution in [2.24, 2.45) is 0 Å². The van der Waals surface area contributed by atoms with E-state index in [0.29, 0.717) is 18.7 Å². The highest BCUT2D eigenvalue weighted by Crippen LogP contribution is 2.29. The molecule has 0 saturated carbocycles. The van der Waals surface area contributed by atoms with Gasteiger partial charge in [0.05, 0.1) is 6.20 Å². The van der Waals surface area contributed by atoms with E-state index in [1.807, 2.05) is 18.2 Å². The Balaban J connectivity index is 1.57. The van der Waals surface area contributed by atoms with Gasteiger partial charge in [-0.25, -0.2) is 0 Å². The maximum atomic E-state index is 10.6. The zero-order valence-corrected chi connectivity index (χ0v) is 11.2. The van der Waals surface area contributed by atoms with Gasteiger partial charge in [-0.15, -0.1) is 0 Å². The molecule has 1 aromatic carbocycles. The lowest BCUT2D eigenvalue weighted by atomic mass is 10.0. The van der Waals surface area contributed by atoms with Crippen molar-refractivity contribution in [2.45, 2.75) is 12.0 Å². The third-order valence-corrected chi connectivity index (χ3v) is 3.69. The summed E-state index contributed by atoms with van der Waals surface area (Å²) in [6, 6.07) is 10.2. The van der Waals surface area contributed by atoms with E-state index in [9.17, 15) is 5.11 Å². The highest BCUT2D eigenvalue weighted by atomic mass is 16.3. The fourth-order valence-electron chi connectivity index (χ4n) is 2.56. The summed E-state index contributed by atoms with van der Waals surface area (Å²) in [6.07, 6.45) is 6.53. The number of benzene rings is 1. The molecule has 1 aliphatic rings. The van der Waals surface area contributed by atoms with Crippen molar-refractivity contribution >= 4 is 6.08 Å². The van der Waals surface area contributed by atoms with E-state index in [1.165, 1.54) is 5.56 Å². The summed E-state index contributed by atoms with van der Waals surface area (Å²) in [4.78, 5) is 2.22. The van der Waals surface area contributed by atoms with Crippen molar-refractivity contribution in [3.05, 3.63) is 53.9 Å². The Bertz CT molecular complexity index is 567. The zero-order chi connectivity index (χ0) is 13.8. The number of rotatable bonds is 4. The van der Waals surface area contributed by atoms with Crippen LogP contribution in [0.1, 0.15) is 17.7 Å². The zero-order valence-electron chi connectivity index (χ0n) is 11.2. The summed E-state index contributed by atoms with van der Waals surface area (Å²) in [5.41, 5.74) is 0.957. The van der Waals surface area contributed by atoms with Crippen LogP contribution in [0, 0.1) is 0 Å². The highest BCUT2D eigenvalue weighted by molar-refractivity contribution is 5.48. The number of aromatic nitrogens is 3. The number of aromatic amines is 1. The number of nitrogens with one attached hydrogen (secondary N) is 1. The Kier molecular flexibility index (Phi) is 3.62. The molecule has 5 nitrogen and oxygen atoms in total. The number of β-amino-alcohol motifs (C(OH)–C–C–N with tert-alkyl or cyclic N) is 1. The summed E-state index contributed by atoms with van der Waals surface area (Å²) in [6.45, 7) is 2.29. The van der Waals surface area contributed by atoms with Gasteiger partial charge in [0.2, 0.25) is 0 Å². The molecular formula is C15H18N4O. The third kappa shape index (κ3) is 2.79. The van der Waals surface area contributed by atoms with E-state index < -0.39 is 5.60 Å². The van der Waals surface area contributed by atoms with Crippen molar-refractivity contribution in [3.63, 3.8) is 0 Å². The SMILES string of the molecule is OC1(c2cn[nH]n2)CCN(C/C=C/c2ccccc2)C1. The summed E-state index contributed by atoms with van der Waals surface area (Å²) in [5.74, 6) is 0. The van der Waals surface area contributed by atoms with Crippen LogP contribution in [0.5, 0.6) is 0 Å². The van der Waals surface area contributed by atoms with Gasteiger partial charge in [-0.05, 0) is 12.0 Å². The minimum absolute atomic E-state index is 0.596. The topological polar surface area (TPSA) is 65.0 Å². The Morgan fingerprint density at radius 2 is 2.20 bits per heavy atom. The molecule has 1 saturated heterocycles. The van der Waals surface area contributed by atoms with Gasteiger partial charge in [0, 0.05) is 19.6 Å². The van der Waals surface area contributed by atoms with Crippen LogP contribution < -0.4 is 0 Å². The smallest absolute Gasteiger partial charge is 0.124 e. The molecule has 104 valence electrons. The van der Waals surface area contributed by atoms with Crippen LogP contribution in [0.25, 0.3) is 6.08 Å². The molecule has 1 fully saturated rings. The molecule has 2 N–H and O–H groups in total. The molecule has 1 unspecified atom stereocenters. The first-order valence-electron chi connectivity index (χ1n) is 6.79. The van der Waals surface area contributed by atoms with Gasteiger partial charge < -0.3 is 5.11 Å². The van der Waals surface area contributed by atoms with E-state index in [0.717, 1.165) is 13.1 Å². The van der Waals surface area contributed by atoms with Crippen LogP contribution in [-0.2, 0) is 5.60 Å². The van der Waals surface area contributed by atoms with Crippen LogP contribution >= 0.6 is 0 Å². The highest BCUT2D eigenvalue weighted by Gasteiger charge is 2.39. The van der Waals surface area contributed by atoms with Crippen molar-refractivity contribution in [1.82, 2.24) is 20.3 Å². The molecule has 1 aliphatic heterocycles. The molecule has 1 atom stereocenters. The standard InChI is InChI=1S/C15H18N4O/c20-15(14-11-16-18-17-14)8-10-19(12-15)9-4-7-13-5-2-1-3-6-13/h1-7,11,20H,8-10,12H2,(H,16,17,18)/b7-4+. The van der Waals surface area contributed by atoms with E-state index in [2.05, 4.69) is 44.6 Å². The predicted octanol–water partition coefficient (Wildman–Crippen LogP) is 1.41. The lowest BCUT2D eigenvalue weighted by Crippen LogP contribution is -2.31. The Morgan fingerprint density at radius 1 is 1.35 bits per heavy atom. The van der Waals surface area contributed by atoms with Gasteiger partial charge in [0.15, 0.2) is 0 Å². The largest absolute Gasteiger partial charge is 0.382 e. The fourth-order valence-corrected chi connectivity index (χ4v) is 2.56. The van der Waals surface area contributed by atoms with Crippen molar-refractivity contribution < 1.29 is 5.11 Å². The second-order valence-corrected chi connectivity index (χ2v) is 5.18. The van der Waals surface area contributed by atoms with Gasteiger partial charge >= 0.3 is 0 Å². The maximum Gasteiger partial charge on any atom is 0.124 e. The van der Waals surface area contributed by atoms with E-state index in [4.69, 9.17) is 0 Å². The fraction of sp³-hybridized carbons (Fsp3) is 0.333. The first kappa shape index (κ1) is 13.0. The molecule has 5 heteroatoms. The van der Waals surface area contributed by atoms with Crippen molar-refractivity contribution in [3.8, 4) is 0 Å². The van der Waals surface area contributed by atoms with Crippen molar-refractivity contribution in [1.29, 1.82) is 0 Å². The quantitative estimate of drug-likeness (QED) is 0.881. The second-order valence-electron chi connectivity index (χ2n) is 5.18. The van der Waals surface area contributed by atoms with Crippen LogP contribution in [0.2, 0.25) is 0 Å². The molecule has 0 amide bonds. The molecule has 0 radical (unpaired) electrons. The normalized spacial score (nSPS) is 23.6. The molecule has 2 heterocycles. The number of hydrogen-bond acceptors (Lipinski definition) is 4. The van der Waals surface area contributed by atoms with Crippen LogP contribution in [-0.4, -0.2) is 45.1 Å². The number of H-pyrrole nitrogens is 1.